The SMILES string of the molecule is COC(=O)C(CNC(=O)c1ccc2c(CCCNC3=NCCCC3)nn(C)c2c1)NS(=O)(=O)c1c(C)cc(OCCCC(=O)NCCNC(=O)C(CCC(=O)OC(C)(C)C)NC(=O)OCc2ccccc2)cc1C. The molecular weight excluding hydrogens is 975 g/mol. The van der Waals surface area contributed by atoms with Gasteiger partial charge in [-0.2, -0.15) is 9.82 Å². The van der Waals surface area contributed by atoms with E-state index in [0.717, 1.165) is 80.3 Å². The lowest BCUT2D eigenvalue weighted by Crippen LogP contribution is -2.49. The largest absolute Gasteiger partial charge is 0.494 e. The van der Waals surface area contributed by atoms with E-state index < -0.39 is 64.1 Å². The third-order valence-electron chi connectivity index (χ3n) is 11.6. The Hall–Kier alpha value is -7.07. The molecule has 21 nitrogen and oxygen atoms in total. The van der Waals surface area contributed by atoms with E-state index in [2.05, 4.69) is 41.4 Å². The average Bonchev–Trinajstić information content (AvgIpc) is 3.67. The molecule has 4 aromatic rings. The number of carbonyl (C=O) groups is 6. The van der Waals surface area contributed by atoms with Crippen LogP contribution in [0.5, 0.6) is 5.75 Å². The van der Waals surface area contributed by atoms with Gasteiger partial charge in [-0.3, -0.25) is 33.6 Å². The van der Waals surface area contributed by atoms with Crippen molar-refractivity contribution in [3.05, 3.63) is 88.6 Å². The van der Waals surface area contributed by atoms with Crippen LogP contribution in [0.25, 0.3) is 10.9 Å². The quantitative estimate of drug-likeness (QED) is 0.0290. The van der Waals surface area contributed by atoms with E-state index in [1.807, 2.05) is 12.1 Å². The minimum atomic E-state index is -4.34. The minimum absolute atomic E-state index is 0.0201. The highest BCUT2D eigenvalue weighted by Gasteiger charge is 2.30. The Labute approximate surface area is 432 Å². The molecule has 1 aliphatic heterocycles. The van der Waals surface area contributed by atoms with Crippen LogP contribution in [-0.2, 0) is 63.5 Å². The Balaban J connectivity index is 1.06. The van der Waals surface area contributed by atoms with Gasteiger partial charge in [-0.25, -0.2) is 13.2 Å². The van der Waals surface area contributed by atoms with Crippen LogP contribution >= 0.6 is 0 Å². The fraction of sp³-hybridized carbons (Fsp3) is 0.500. The Morgan fingerprint density at radius 3 is 2.27 bits per heavy atom. The van der Waals surface area contributed by atoms with E-state index in [9.17, 15) is 37.2 Å². The molecule has 0 aliphatic carbocycles. The van der Waals surface area contributed by atoms with Crippen molar-refractivity contribution in [3.8, 4) is 5.75 Å². The van der Waals surface area contributed by atoms with Gasteiger partial charge in [0.2, 0.25) is 21.8 Å². The molecule has 1 aliphatic rings. The number of alkyl carbamates (subject to hydrolysis) is 1. The van der Waals surface area contributed by atoms with Gasteiger partial charge in [0.25, 0.3) is 5.91 Å². The first-order valence-corrected chi connectivity index (χ1v) is 26.3. The van der Waals surface area contributed by atoms with Gasteiger partial charge in [-0.1, -0.05) is 36.4 Å². The van der Waals surface area contributed by atoms with Crippen molar-refractivity contribution in [3.63, 3.8) is 0 Å². The molecular formula is C52H71N9O12S. The maximum absolute atomic E-state index is 13.8. The summed E-state index contributed by atoms with van der Waals surface area (Å²) in [4.78, 5) is 81.4. The Morgan fingerprint density at radius 1 is 0.851 bits per heavy atom. The average molecular weight is 1050 g/mol. The lowest BCUT2D eigenvalue weighted by atomic mass is 10.1. The zero-order chi connectivity index (χ0) is 53.8. The molecule has 1 aromatic heterocycles. The van der Waals surface area contributed by atoms with Crippen molar-refractivity contribution in [2.75, 3.05) is 46.4 Å². The lowest BCUT2D eigenvalue weighted by molar-refractivity contribution is -0.155. The first-order valence-electron chi connectivity index (χ1n) is 24.8. The highest BCUT2D eigenvalue weighted by Crippen LogP contribution is 2.27. The van der Waals surface area contributed by atoms with Crippen LogP contribution in [0.4, 0.5) is 4.79 Å². The number of rotatable bonds is 26. The molecule has 2 unspecified atom stereocenters. The van der Waals surface area contributed by atoms with E-state index >= 15 is 0 Å². The predicted octanol–water partition coefficient (Wildman–Crippen LogP) is 4.35. The number of hydrogen-bond donors (Lipinski definition) is 6. The van der Waals surface area contributed by atoms with Gasteiger partial charge >= 0.3 is 18.0 Å². The molecule has 3 aromatic carbocycles. The summed E-state index contributed by atoms with van der Waals surface area (Å²) in [6.07, 6.45) is 4.18. The molecule has 2 atom stereocenters. The number of carbonyl (C=O) groups excluding carboxylic acids is 6. The first-order chi connectivity index (χ1) is 35.2. The molecule has 0 fully saturated rings. The number of nitrogens with one attached hydrogen (secondary N) is 6. The minimum Gasteiger partial charge on any atom is -0.494 e. The monoisotopic (exact) mass is 1050 g/mol. The summed E-state index contributed by atoms with van der Waals surface area (Å²) >= 11 is 0. The number of hydrogen-bond acceptors (Lipinski definition) is 15. The second-order valence-corrected chi connectivity index (χ2v) is 20.5. The van der Waals surface area contributed by atoms with Crippen molar-refractivity contribution in [1.29, 1.82) is 0 Å². The van der Waals surface area contributed by atoms with Crippen LogP contribution in [0, 0.1) is 13.8 Å². The number of nitrogens with zero attached hydrogens (tertiary/aromatic N) is 3. The van der Waals surface area contributed by atoms with Crippen molar-refractivity contribution in [2.45, 2.75) is 122 Å². The highest BCUT2D eigenvalue weighted by molar-refractivity contribution is 7.89. The van der Waals surface area contributed by atoms with E-state index in [1.54, 1.807) is 82.7 Å². The van der Waals surface area contributed by atoms with Gasteiger partial charge < -0.3 is 45.5 Å². The van der Waals surface area contributed by atoms with E-state index in [4.69, 9.17) is 18.9 Å². The third-order valence-corrected chi connectivity index (χ3v) is 13.4. The fourth-order valence-electron chi connectivity index (χ4n) is 8.12. The highest BCUT2D eigenvalue weighted by atomic mass is 32.2. The summed E-state index contributed by atoms with van der Waals surface area (Å²) in [6.45, 7) is 9.78. The Morgan fingerprint density at radius 2 is 1.58 bits per heavy atom. The van der Waals surface area contributed by atoms with Gasteiger partial charge in [-0.15, -0.1) is 0 Å². The van der Waals surface area contributed by atoms with Gasteiger partial charge in [0.1, 0.15) is 30.0 Å². The van der Waals surface area contributed by atoms with E-state index in [-0.39, 0.29) is 56.4 Å². The molecule has 74 heavy (non-hydrogen) atoms. The number of fused-ring (bicyclic) bond motifs is 1. The second-order valence-electron chi connectivity index (χ2n) is 18.9. The van der Waals surface area contributed by atoms with E-state index in [0.29, 0.717) is 28.9 Å². The van der Waals surface area contributed by atoms with Crippen LogP contribution in [0.1, 0.15) is 105 Å². The third kappa shape index (κ3) is 18.5. The Bertz CT molecular complexity index is 2720. The number of aliphatic imine (C=N–C) groups is 1. The van der Waals surface area contributed by atoms with Crippen molar-refractivity contribution < 1.29 is 56.1 Å². The molecule has 402 valence electrons. The van der Waals surface area contributed by atoms with Crippen molar-refractivity contribution >= 4 is 62.5 Å². The topological polar surface area (TPSA) is 276 Å². The van der Waals surface area contributed by atoms with Crippen LogP contribution in [0.3, 0.4) is 0 Å². The lowest BCUT2D eigenvalue weighted by Gasteiger charge is -2.21. The van der Waals surface area contributed by atoms with Crippen LogP contribution in [0.2, 0.25) is 0 Å². The number of sulfonamides is 1. The van der Waals surface area contributed by atoms with Crippen LogP contribution in [-0.4, -0.2) is 124 Å². The number of aromatic nitrogens is 2. The standard InChI is InChI=1S/C52H71N9O12S/c1-34-29-38(71-28-14-19-45(62)55-26-27-56-49(65)41(22-23-46(63)73-52(3,4)5)58-51(67)72-33-36-15-9-8-10-16-36)30-35(2)47(34)74(68,69)60-42(50(66)70-7)32-57-48(64)37-20-21-39-40(59-61(6)43(39)31-37)17-13-25-54-44-18-11-12-24-53-44/h8-10,15-16,20-21,29-31,41-42,60H,11-14,17-19,22-28,32-33H2,1-7H3,(H,53,54)(H,55,62)(H,56,65)(H,57,64)(H,58,67). The fourth-order valence-corrected chi connectivity index (χ4v) is 9.75. The normalized spacial score (nSPS) is 13.4. The zero-order valence-electron chi connectivity index (χ0n) is 43.4. The molecule has 4 amide bonds. The van der Waals surface area contributed by atoms with Crippen LogP contribution < -0.4 is 36.0 Å². The number of aryl methyl sites for hydroxylation is 4. The van der Waals surface area contributed by atoms with Crippen molar-refractivity contribution in [2.24, 2.45) is 12.0 Å². The summed E-state index contributed by atoms with van der Waals surface area (Å²) in [6, 6.07) is 14.7. The molecule has 0 spiro atoms. The molecule has 0 saturated carbocycles. The van der Waals surface area contributed by atoms with Gasteiger partial charge in [-0.05, 0) is 114 Å². The molecule has 2 heterocycles. The van der Waals surface area contributed by atoms with Gasteiger partial charge in [0.05, 0.1) is 35.7 Å². The van der Waals surface area contributed by atoms with Gasteiger partial charge in [0, 0.05) is 70.0 Å². The summed E-state index contributed by atoms with van der Waals surface area (Å²) in [5.41, 5.74) is 2.63. The number of ether oxygens (including phenoxy) is 4. The predicted molar refractivity (Wildman–Crippen MR) is 277 cm³/mol. The number of esters is 2. The molecule has 6 N–H and O–H groups in total. The molecule has 0 saturated heterocycles. The van der Waals surface area contributed by atoms with E-state index in [1.165, 1.54) is 12.1 Å². The summed E-state index contributed by atoms with van der Waals surface area (Å²) in [5.74, 6) is -1.44. The summed E-state index contributed by atoms with van der Waals surface area (Å²) in [5, 5.41) is 19.6. The van der Waals surface area contributed by atoms with Crippen molar-refractivity contribution in [1.82, 2.24) is 41.1 Å². The first kappa shape index (κ1) is 57.8. The molecule has 0 radical (unpaired) electrons. The smallest absolute Gasteiger partial charge is 0.408 e. The van der Waals surface area contributed by atoms with Crippen LogP contribution in [0.15, 0.2) is 70.6 Å². The molecule has 22 heteroatoms. The number of amides is 4. The summed E-state index contributed by atoms with van der Waals surface area (Å²) in [7, 11) is -1.42. The number of amidine groups is 1. The Kier molecular flexibility index (Phi) is 21.8. The maximum Gasteiger partial charge on any atom is 0.408 e. The molecule has 5 rings (SSSR count). The number of benzene rings is 3. The summed E-state index contributed by atoms with van der Waals surface area (Å²) < 4.78 is 53.1. The maximum atomic E-state index is 13.8. The number of methoxy groups -OCH3 is 1. The zero-order valence-corrected chi connectivity index (χ0v) is 44.2. The second kappa shape index (κ2) is 27.8. The molecule has 0 bridgehead atoms. The van der Waals surface area contributed by atoms with Gasteiger partial charge in [0.15, 0.2) is 0 Å².